The molecule has 0 aliphatic rings. The summed E-state index contributed by atoms with van der Waals surface area (Å²) in [5.41, 5.74) is 0. The molecule has 0 radical (unpaired) electrons. The highest BCUT2D eigenvalue weighted by Gasteiger charge is 2.18. The second-order valence-corrected chi connectivity index (χ2v) is 1.94. The Labute approximate surface area is 59.9 Å². The first-order valence-corrected chi connectivity index (χ1v) is 2.92. The summed E-state index contributed by atoms with van der Waals surface area (Å²) in [6.45, 7) is 6.49. The first-order valence-electron chi connectivity index (χ1n) is 2.92. The zero-order valence-corrected chi connectivity index (χ0v) is 5.64. The van der Waals surface area contributed by atoms with Crippen LogP contribution in [0.15, 0.2) is 25.3 Å². The maximum Gasteiger partial charge on any atom is 0.113 e. The Bertz CT molecular complexity index is 108. The van der Waals surface area contributed by atoms with Gasteiger partial charge in [0, 0.05) is 0 Å². The summed E-state index contributed by atoms with van der Waals surface area (Å²) in [7, 11) is 0. The molecule has 0 aromatic carbocycles. The fourth-order valence-electron chi connectivity index (χ4n) is 0.481. The van der Waals surface area contributed by atoms with Crippen LogP contribution in [0.25, 0.3) is 0 Å². The van der Waals surface area contributed by atoms with Crippen molar-refractivity contribution in [2.75, 3.05) is 0 Å². The van der Waals surface area contributed by atoms with Crippen LogP contribution in [-0.4, -0.2) is 33.6 Å². The summed E-state index contributed by atoms with van der Waals surface area (Å²) < 4.78 is 0. The smallest absolute Gasteiger partial charge is 0.113 e. The van der Waals surface area contributed by atoms with Gasteiger partial charge in [0.2, 0.25) is 0 Å². The summed E-state index contributed by atoms with van der Waals surface area (Å²) in [4.78, 5) is 0. The van der Waals surface area contributed by atoms with Gasteiger partial charge in [0.25, 0.3) is 0 Å². The van der Waals surface area contributed by atoms with E-state index in [1.807, 2.05) is 0 Å². The summed E-state index contributed by atoms with van der Waals surface area (Å²) in [5.74, 6) is 0. The third-order valence-corrected chi connectivity index (χ3v) is 1.18. The highest BCUT2D eigenvalue weighted by atomic mass is 16.4. The van der Waals surface area contributed by atoms with Gasteiger partial charge in [-0.3, -0.25) is 0 Å². The van der Waals surface area contributed by atoms with Gasteiger partial charge >= 0.3 is 0 Å². The van der Waals surface area contributed by atoms with E-state index < -0.39 is 18.3 Å². The van der Waals surface area contributed by atoms with Crippen molar-refractivity contribution >= 4 is 0 Å². The Morgan fingerprint density at radius 1 is 0.900 bits per heavy atom. The number of hydrogen-bond acceptors (Lipinski definition) is 3. The minimum Gasteiger partial charge on any atom is -0.387 e. The molecular formula is C7H12O3. The summed E-state index contributed by atoms with van der Waals surface area (Å²) >= 11 is 0. The van der Waals surface area contributed by atoms with Crippen molar-refractivity contribution in [3.63, 3.8) is 0 Å². The van der Waals surface area contributed by atoms with Gasteiger partial charge in [-0.15, -0.1) is 13.2 Å². The molecule has 0 aromatic heterocycles. The van der Waals surface area contributed by atoms with Crippen molar-refractivity contribution in [1.29, 1.82) is 0 Å². The van der Waals surface area contributed by atoms with Crippen molar-refractivity contribution in [3.05, 3.63) is 25.3 Å². The fourth-order valence-corrected chi connectivity index (χ4v) is 0.481. The van der Waals surface area contributed by atoms with Crippen LogP contribution >= 0.6 is 0 Å². The highest BCUT2D eigenvalue weighted by molar-refractivity contribution is 4.94. The maximum atomic E-state index is 8.94. The Hall–Kier alpha value is -0.640. The molecule has 2 unspecified atom stereocenters. The number of rotatable bonds is 4. The molecule has 0 rings (SSSR count). The van der Waals surface area contributed by atoms with Gasteiger partial charge in [-0.2, -0.15) is 0 Å². The number of aliphatic hydroxyl groups excluding tert-OH is 3. The van der Waals surface area contributed by atoms with Crippen LogP contribution in [0.4, 0.5) is 0 Å². The Kier molecular flexibility index (Phi) is 3.95. The monoisotopic (exact) mass is 144 g/mol. The van der Waals surface area contributed by atoms with E-state index >= 15 is 0 Å². The zero-order chi connectivity index (χ0) is 8.15. The minimum atomic E-state index is -1.23. The lowest BCUT2D eigenvalue weighted by Crippen LogP contribution is -2.34. The molecule has 3 heteroatoms. The Balaban J connectivity index is 3.91. The van der Waals surface area contributed by atoms with E-state index in [9.17, 15) is 0 Å². The average molecular weight is 144 g/mol. The van der Waals surface area contributed by atoms with Gasteiger partial charge in [0.15, 0.2) is 0 Å². The van der Waals surface area contributed by atoms with Crippen LogP contribution in [0, 0.1) is 0 Å². The standard InChI is InChI=1S/C7H12O3/c1-3-5(8)7(10)6(9)4-2/h3-10H,1-2H2. The van der Waals surface area contributed by atoms with Gasteiger partial charge < -0.3 is 15.3 Å². The molecule has 0 fully saturated rings. The third-order valence-electron chi connectivity index (χ3n) is 1.18. The van der Waals surface area contributed by atoms with Crippen molar-refractivity contribution in [3.8, 4) is 0 Å². The second kappa shape index (κ2) is 4.22. The SMILES string of the molecule is C=CC(O)C(O)C(O)C=C. The number of aliphatic hydroxyl groups is 3. The van der Waals surface area contributed by atoms with Crippen molar-refractivity contribution in [1.82, 2.24) is 0 Å². The van der Waals surface area contributed by atoms with Crippen LogP contribution < -0.4 is 0 Å². The van der Waals surface area contributed by atoms with E-state index in [0.29, 0.717) is 0 Å². The van der Waals surface area contributed by atoms with Crippen molar-refractivity contribution in [2.45, 2.75) is 18.3 Å². The molecule has 3 nitrogen and oxygen atoms in total. The van der Waals surface area contributed by atoms with E-state index in [-0.39, 0.29) is 0 Å². The van der Waals surface area contributed by atoms with Crippen molar-refractivity contribution < 1.29 is 15.3 Å². The molecule has 58 valence electrons. The van der Waals surface area contributed by atoms with E-state index in [1.165, 1.54) is 0 Å². The molecule has 0 spiro atoms. The molecule has 0 amide bonds. The first kappa shape index (κ1) is 9.36. The fraction of sp³-hybridized carbons (Fsp3) is 0.429. The van der Waals surface area contributed by atoms with E-state index in [4.69, 9.17) is 15.3 Å². The molecule has 0 saturated carbocycles. The average Bonchev–Trinajstić information content (AvgIpc) is 2.00. The zero-order valence-electron chi connectivity index (χ0n) is 5.64. The normalized spacial score (nSPS) is 19.1. The Morgan fingerprint density at radius 3 is 1.40 bits per heavy atom. The molecule has 0 aromatic rings. The van der Waals surface area contributed by atoms with Crippen LogP contribution in [-0.2, 0) is 0 Å². The second-order valence-electron chi connectivity index (χ2n) is 1.94. The molecule has 10 heavy (non-hydrogen) atoms. The Morgan fingerprint density at radius 2 is 1.20 bits per heavy atom. The molecule has 0 saturated heterocycles. The van der Waals surface area contributed by atoms with Crippen molar-refractivity contribution in [2.24, 2.45) is 0 Å². The van der Waals surface area contributed by atoms with Crippen LogP contribution in [0.2, 0.25) is 0 Å². The van der Waals surface area contributed by atoms with Gasteiger partial charge in [0.1, 0.15) is 18.3 Å². The quantitative estimate of drug-likeness (QED) is 0.463. The third kappa shape index (κ3) is 2.31. The lowest BCUT2D eigenvalue weighted by Gasteiger charge is -2.16. The molecule has 0 aliphatic heterocycles. The lowest BCUT2D eigenvalue weighted by atomic mass is 10.1. The predicted molar refractivity (Wildman–Crippen MR) is 38.4 cm³/mol. The predicted octanol–water partition coefficient (Wildman–Crippen LogP) is -0.559. The van der Waals surface area contributed by atoms with Gasteiger partial charge in [0.05, 0.1) is 0 Å². The van der Waals surface area contributed by atoms with E-state index in [0.717, 1.165) is 12.2 Å². The summed E-state index contributed by atoms with van der Waals surface area (Å²) in [6.07, 6.45) is -1.13. The first-order chi connectivity index (χ1) is 4.63. The molecule has 0 aliphatic carbocycles. The van der Waals surface area contributed by atoms with E-state index in [2.05, 4.69) is 13.2 Å². The summed E-state index contributed by atoms with van der Waals surface area (Å²) in [6, 6.07) is 0. The topological polar surface area (TPSA) is 60.7 Å². The van der Waals surface area contributed by atoms with Crippen LogP contribution in [0.3, 0.4) is 0 Å². The van der Waals surface area contributed by atoms with Crippen LogP contribution in [0.5, 0.6) is 0 Å². The van der Waals surface area contributed by atoms with E-state index in [1.54, 1.807) is 0 Å². The maximum absolute atomic E-state index is 8.94. The van der Waals surface area contributed by atoms with Crippen LogP contribution in [0.1, 0.15) is 0 Å². The molecule has 0 heterocycles. The minimum absolute atomic E-state index is 1.10. The van der Waals surface area contributed by atoms with Gasteiger partial charge in [-0.1, -0.05) is 12.2 Å². The lowest BCUT2D eigenvalue weighted by molar-refractivity contribution is -0.0207. The van der Waals surface area contributed by atoms with Gasteiger partial charge in [-0.05, 0) is 0 Å². The molecule has 0 bridgehead atoms. The number of hydrogen-bond donors (Lipinski definition) is 3. The highest BCUT2D eigenvalue weighted by Crippen LogP contribution is 2.00. The van der Waals surface area contributed by atoms with Gasteiger partial charge in [-0.25, -0.2) is 0 Å². The molecule has 3 N–H and O–H groups in total. The summed E-state index contributed by atoms with van der Waals surface area (Å²) in [5, 5.41) is 26.6. The largest absolute Gasteiger partial charge is 0.387 e. The molecular weight excluding hydrogens is 132 g/mol. The molecule has 2 atom stereocenters.